The Hall–Kier alpha value is -1.15. The first-order chi connectivity index (χ1) is 7.78. The fourth-order valence-electron chi connectivity index (χ4n) is 2.32. The third-order valence-corrected chi connectivity index (χ3v) is 4.54. The fraction of sp³-hybridized carbons (Fsp3) is 0.286. The molecule has 3 rings (SSSR count). The number of aryl methyl sites for hydroxylation is 3. The number of thiophene rings is 1. The van der Waals surface area contributed by atoms with Crippen molar-refractivity contribution in [3.8, 4) is 10.4 Å². The number of halogens is 1. The SMILES string of the molecule is CCc1cc2c(s1)-c1cc(F)ccc1CC2. The van der Waals surface area contributed by atoms with Crippen LogP contribution in [0.3, 0.4) is 0 Å². The number of hydrogen-bond donors (Lipinski definition) is 0. The summed E-state index contributed by atoms with van der Waals surface area (Å²) in [6.45, 7) is 2.17. The summed E-state index contributed by atoms with van der Waals surface area (Å²) in [5.74, 6) is -0.127. The van der Waals surface area contributed by atoms with Gasteiger partial charge >= 0.3 is 0 Å². The quantitative estimate of drug-likeness (QED) is 0.690. The van der Waals surface area contributed by atoms with E-state index in [-0.39, 0.29) is 5.82 Å². The van der Waals surface area contributed by atoms with E-state index in [1.807, 2.05) is 17.4 Å². The molecule has 0 saturated heterocycles. The van der Waals surface area contributed by atoms with Crippen molar-refractivity contribution >= 4 is 11.3 Å². The predicted octanol–water partition coefficient (Wildman–Crippen LogP) is 4.22. The van der Waals surface area contributed by atoms with E-state index in [1.165, 1.54) is 20.9 Å². The molecule has 82 valence electrons. The highest BCUT2D eigenvalue weighted by atomic mass is 32.1. The van der Waals surface area contributed by atoms with Crippen molar-refractivity contribution in [3.63, 3.8) is 0 Å². The lowest BCUT2D eigenvalue weighted by Crippen LogP contribution is -2.01. The monoisotopic (exact) mass is 232 g/mol. The molecule has 1 aliphatic carbocycles. The molecule has 0 radical (unpaired) electrons. The van der Waals surface area contributed by atoms with Crippen LogP contribution in [0.25, 0.3) is 10.4 Å². The lowest BCUT2D eigenvalue weighted by molar-refractivity contribution is 0.627. The molecule has 2 heteroatoms. The summed E-state index contributed by atoms with van der Waals surface area (Å²) in [6.07, 6.45) is 3.22. The smallest absolute Gasteiger partial charge is 0.123 e. The molecule has 0 bridgehead atoms. The Morgan fingerprint density at radius 2 is 2.00 bits per heavy atom. The molecule has 0 spiro atoms. The van der Waals surface area contributed by atoms with E-state index in [0.29, 0.717) is 0 Å². The minimum Gasteiger partial charge on any atom is -0.207 e. The molecule has 0 N–H and O–H groups in total. The molecule has 0 amide bonds. The summed E-state index contributed by atoms with van der Waals surface area (Å²) in [4.78, 5) is 2.69. The minimum atomic E-state index is -0.127. The Kier molecular flexibility index (Phi) is 2.32. The highest BCUT2D eigenvalue weighted by Gasteiger charge is 2.19. The van der Waals surface area contributed by atoms with Gasteiger partial charge in [0.05, 0.1) is 0 Å². The number of hydrogen-bond acceptors (Lipinski definition) is 1. The number of rotatable bonds is 1. The molecular formula is C14H13FS. The zero-order valence-corrected chi connectivity index (χ0v) is 10.0. The van der Waals surface area contributed by atoms with Crippen LogP contribution in [0.1, 0.15) is 22.9 Å². The molecule has 2 aromatic rings. The molecule has 0 saturated carbocycles. The molecule has 0 nitrogen and oxygen atoms in total. The van der Waals surface area contributed by atoms with Crippen molar-refractivity contribution in [1.29, 1.82) is 0 Å². The Morgan fingerprint density at radius 1 is 1.19 bits per heavy atom. The van der Waals surface area contributed by atoms with Crippen LogP contribution in [0.4, 0.5) is 4.39 Å². The van der Waals surface area contributed by atoms with Gasteiger partial charge in [-0.15, -0.1) is 11.3 Å². The zero-order valence-electron chi connectivity index (χ0n) is 9.22. The summed E-state index contributed by atoms with van der Waals surface area (Å²) < 4.78 is 13.3. The molecule has 1 aliphatic rings. The molecule has 16 heavy (non-hydrogen) atoms. The average Bonchev–Trinajstić information content (AvgIpc) is 2.72. The number of benzene rings is 1. The fourth-order valence-corrected chi connectivity index (χ4v) is 3.52. The summed E-state index contributed by atoms with van der Waals surface area (Å²) in [5, 5.41) is 0. The molecule has 1 heterocycles. The van der Waals surface area contributed by atoms with Crippen molar-refractivity contribution in [2.75, 3.05) is 0 Å². The first kappa shape index (κ1) is 10.0. The highest BCUT2D eigenvalue weighted by molar-refractivity contribution is 7.15. The van der Waals surface area contributed by atoms with Crippen molar-refractivity contribution in [2.45, 2.75) is 26.2 Å². The summed E-state index contributed by atoms with van der Waals surface area (Å²) in [6, 6.07) is 7.47. The van der Waals surface area contributed by atoms with Crippen LogP contribution < -0.4 is 0 Å². The normalized spacial score (nSPS) is 13.4. The van der Waals surface area contributed by atoms with Crippen LogP contribution in [0, 0.1) is 5.82 Å². The summed E-state index contributed by atoms with van der Waals surface area (Å²) in [7, 11) is 0. The molecule has 0 atom stereocenters. The predicted molar refractivity (Wildman–Crippen MR) is 66.5 cm³/mol. The van der Waals surface area contributed by atoms with Crippen LogP contribution in [0.2, 0.25) is 0 Å². The Labute approximate surface area is 98.7 Å². The standard InChI is InChI=1S/C14H13FS/c1-2-12-7-10-4-3-9-5-6-11(15)8-13(9)14(10)16-12/h5-8H,2-4H2,1H3. The average molecular weight is 232 g/mol. The van der Waals surface area contributed by atoms with E-state index in [4.69, 9.17) is 0 Å². The van der Waals surface area contributed by atoms with Gasteiger partial charge < -0.3 is 0 Å². The topological polar surface area (TPSA) is 0 Å². The van der Waals surface area contributed by atoms with Crippen molar-refractivity contribution in [1.82, 2.24) is 0 Å². The van der Waals surface area contributed by atoms with E-state index in [2.05, 4.69) is 13.0 Å². The van der Waals surface area contributed by atoms with Gasteiger partial charge in [0.1, 0.15) is 5.82 Å². The summed E-state index contributed by atoms with van der Waals surface area (Å²) >= 11 is 1.82. The molecular weight excluding hydrogens is 219 g/mol. The van der Waals surface area contributed by atoms with Gasteiger partial charge in [-0.1, -0.05) is 13.0 Å². The van der Waals surface area contributed by atoms with Crippen LogP contribution in [0.15, 0.2) is 24.3 Å². The van der Waals surface area contributed by atoms with E-state index >= 15 is 0 Å². The lowest BCUT2D eigenvalue weighted by atomic mass is 9.91. The first-order valence-electron chi connectivity index (χ1n) is 5.68. The maximum Gasteiger partial charge on any atom is 0.123 e. The van der Waals surface area contributed by atoms with Crippen molar-refractivity contribution in [2.24, 2.45) is 0 Å². The van der Waals surface area contributed by atoms with Gasteiger partial charge in [0.15, 0.2) is 0 Å². The second-order valence-corrected chi connectivity index (χ2v) is 5.36. The van der Waals surface area contributed by atoms with Gasteiger partial charge in [0.25, 0.3) is 0 Å². The second-order valence-electron chi connectivity index (χ2n) is 4.22. The van der Waals surface area contributed by atoms with Crippen LogP contribution in [-0.2, 0) is 19.3 Å². The second kappa shape index (κ2) is 3.70. The van der Waals surface area contributed by atoms with Gasteiger partial charge in [-0.25, -0.2) is 4.39 Å². The van der Waals surface area contributed by atoms with Gasteiger partial charge in [0, 0.05) is 9.75 Å². The molecule has 1 aromatic carbocycles. The van der Waals surface area contributed by atoms with E-state index in [9.17, 15) is 4.39 Å². The maximum atomic E-state index is 13.3. The third kappa shape index (κ3) is 1.49. The lowest BCUT2D eigenvalue weighted by Gasteiger charge is -2.15. The van der Waals surface area contributed by atoms with Crippen molar-refractivity contribution < 1.29 is 4.39 Å². The van der Waals surface area contributed by atoms with Crippen LogP contribution in [0.5, 0.6) is 0 Å². The minimum absolute atomic E-state index is 0.127. The maximum absolute atomic E-state index is 13.3. The first-order valence-corrected chi connectivity index (χ1v) is 6.50. The Bertz CT molecular complexity index is 540. The van der Waals surface area contributed by atoms with Crippen LogP contribution in [-0.4, -0.2) is 0 Å². The van der Waals surface area contributed by atoms with E-state index < -0.39 is 0 Å². The Morgan fingerprint density at radius 3 is 2.81 bits per heavy atom. The number of fused-ring (bicyclic) bond motifs is 3. The van der Waals surface area contributed by atoms with Gasteiger partial charge in [0.2, 0.25) is 0 Å². The molecule has 0 fully saturated rings. The zero-order chi connectivity index (χ0) is 11.1. The molecule has 0 aliphatic heterocycles. The van der Waals surface area contributed by atoms with E-state index in [0.717, 1.165) is 24.8 Å². The van der Waals surface area contributed by atoms with Gasteiger partial charge in [-0.3, -0.25) is 0 Å². The summed E-state index contributed by atoms with van der Waals surface area (Å²) in [5.41, 5.74) is 3.81. The molecule has 1 aromatic heterocycles. The third-order valence-electron chi connectivity index (χ3n) is 3.19. The Balaban J connectivity index is 2.20. The van der Waals surface area contributed by atoms with E-state index in [1.54, 1.807) is 12.1 Å². The van der Waals surface area contributed by atoms with Gasteiger partial charge in [-0.2, -0.15) is 0 Å². The largest absolute Gasteiger partial charge is 0.207 e. The van der Waals surface area contributed by atoms with Crippen molar-refractivity contribution in [3.05, 3.63) is 46.1 Å². The van der Waals surface area contributed by atoms with Crippen LogP contribution >= 0.6 is 11.3 Å². The highest BCUT2D eigenvalue weighted by Crippen LogP contribution is 2.39. The molecule has 0 unspecified atom stereocenters. The van der Waals surface area contributed by atoms with Gasteiger partial charge in [-0.05, 0) is 54.2 Å².